The Morgan fingerprint density at radius 3 is 2.62 bits per heavy atom. The number of nitrogens with zero attached hydrogens (tertiary/aromatic N) is 1. The minimum atomic E-state index is -0.106. The van der Waals surface area contributed by atoms with Gasteiger partial charge in [0.05, 0.1) is 0 Å². The maximum atomic E-state index is 11.9. The first-order valence-corrected chi connectivity index (χ1v) is 7.89. The van der Waals surface area contributed by atoms with Crippen molar-refractivity contribution in [1.29, 1.82) is 0 Å². The number of benzene rings is 1. The number of carbonyl (C=O) groups excluding carboxylic acids is 1. The van der Waals surface area contributed by atoms with E-state index in [2.05, 4.69) is 22.5 Å². The van der Waals surface area contributed by atoms with Gasteiger partial charge in [0.15, 0.2) is 0 Å². The lowest BCUT2D eigenvalue weighted by Gasteiger charge is -2.17. The second-order valence-electron chi connectivity index (χ2n) is 6.22. The Morgan fingerprint density at radius 2 is 2.00 bits per heavy atom. The molecule has 1 aliphatic rings. The first-order chi connectivity index (χ1) is 10.1. The molecule has 1 saturated carbocycles. The summed E-state index contributed by atoms with van der Waals surface area (Å²) >= 11 is 0. The SMILES string of the molecule is Cc1cc(NC(=O)NCCC2CCCC2)ccc1N(C)C. The Hall–Kier alpha value is -1.71. The van der Waals surface area contributed by atoms with Crippen molar-refractivity contribution in [2.75, 3.05) is 30.9 Å². The Morgan fingerprint density at radius 1 is 1.29 bits per heavy atom. The van der Waals surface area contributed by atoms with Gasteiger partial charge < -0.3 is 15.5 Å². The molecule has 2 N–H and O–H groups in total. The van der Waals surface area contributed by atoms with Crippen LogP contribution in [0.25, 0.3) is 0 Å². The van der Waals surface area contributed by atoms with Crippen LogP contribution in [0.15, 0.2) is 18.2 Å². The van der Waals surface area contributed by atoms with Crippen molar-refractivity contribution in [2.24, 2.45) is 5.92 Å². The van der Waals surface area contributed by atoms with E-state index in [1.54, 1.807) is 0 Å². The van der Waals surface area contributed by atoms with Crippen LogP contribution in [0, 0.1) is 12.8 Å². The smallest absolute Gasteiger partial charge is 0.319 e. The van der Waals surface area contributed by atoms with Gasteiger partial charge in [0, 0.05) is 32.0 Å². The van der Waals surface area contributed by atoms with E-state index in [9.17, 15) is 4.79 Å². The Bertz CT molecular complexity index is 479. The van der Waals surface area contributed by atoms with Crippen molar-refractivity contribution in [2.45, 2.75) is 39.0 Å². The highest BCUT2D eigenvalue weighted by Gasteiger charge is 2.14. The summed E-state index contributed by atoms with van der Waals surface area (Å²) in [4.78, 5) is 14.0. The van der Waals surface area contributed by atoms with Crippen molar-refractivity contribution < 1.29 is 4.79 Å². The topological polar surface area (TPSA) is 44.4 Å². The number of hydrogen-bond donors (Lipinski definition) is 2. The zero-order valence-electron chi connectivity index (χ0n) is 13.4. The third kappa shape index (κ3) is 4.66. The van der Waals surface area contributed by atoms with E-state index >= 15 is 0 Å². The average Bonchev–Trinajstić information content (AvgIpc) is 2.91. The van der Waals surface area contributed by atoms with Crippen LogP contribution in [0.1, 0.15) is 37.7 Å². The van der Waals surface area contributed by atoms with Gasteiger partial charge in [0.25, 0.3) is 0 Å². The van der Waals surface area contributed by atoms with Gasteiger partial charge in [-0.05, 0) is 43.0 Å². The van der Waals surface area contributed by atoms with Crippen LogP contribution >= 0.6 is 0 Å². The predicted molar refractivity (Wildman–Crippen MR) is 89.1 cm³/mol. The number of anilines is 2. The third-order valence-electron chi connectivity index (χ3n) is 4.25. The lowest BCUT2D eigenvalue weighted by molar-refractivity contribution is 0.251. The summed E-state index contributed by atoms with van der Waals surface area (Å²) in [5.74, 6) is 0.812. The van der Waals surface area contributed by atoms with Gasteiger partial charge in [0.1, 0.15) is 0 Å². The minimum Gasteiger partial charge on any atom is -0.377 e. The van der Waals surface area contributed by atoms with E-state index in [1.807, 2.05) is 32.3 Å². The molecule has 0 bridgehead atoms. The average molecular weight is 289 g/mol. The molecular weight excluding hydrogens is 262 g/mol. The van der Waals surface area contributed by atoms with Gasteiger partial charge in [-0.1, -0.05) is 25.7 Å². The van der Waals surface area contributed by atoms with Crippen LogP contribution in [0.4, 0.5) is 16.2 Å². The number of carbonyl (C=O) groups is 1. The molecule has 2 rings (SSSR count). The van der Waals surface area contributed by atoms with Crippen molar-refractivity contribution in [3.05, 3.63) is 23.8 Å². The summed E-state index contributed by atoms with van der Waals surface area (Å²) in [6.45, 7) is 2.82. The van der Waals surface area contributed by atoms with Gasteiger partial charge in [-0.2, -0.15) is 0 Å². The molecule has 21 heavy (non-hydrogen) atoms. The zero-order chi connectivity index (χ0) is 15.2. The summed E-state index contributed by atoms with van der Waals surface area (Å²) in [6, 6.07) is 5.87. The molecule has 2 amide bonds. The Labute approximate surface area is 127 Å². The van der Waals surface area contributed by atoms with E-state index in [-0.39, 0.29) is 6.03 Å². The van der Waals surface area contributed by atoms with Crippen LogP contribution in [0.3, 0.4) is 0 Å². The normalized spacial score (nSPS) is 15.0. The minimum absolute atomic E-state index is 0.106. The zero-order valence-corrected chi connectivity index (χ0v) is 13.4. The van der Waals surface area contributed by atoms with Crippen molar-refractivity contribution in [3.63, 3.8) is 0 Å². The van der Waals surface area contributed by atoms with E-state index in [0.717, 1.165) is 30.1 Å². The largest absolute Gasteiger partial charge is 0.377 e. The first-order valence-electron chi connectivity index (χ1n) is 7.89. The number of aryl methyl sites for hydroxylation is 1. The van der Waals surface area contributed by atoms with Crippen LogP contribution in [-0.2, 0) is 0 Å². The molecule has 0 aliphatic heterocycles. The fraction of sp³-hybridized carbons (Fsp3) is 0.588. The fourth-order valence-electron chi connectivity index (χ4n) is 3.10. The van der Waals surface area contributed by atoms with Crippen LogP contribution in [-0.4, -0.2) is 26.7 Å². The lowest BCUT2D eigenvalue weighted by Crippen LogP contribution is -2.30. The lowest BCUT2D eigenvalue weighted by atomic mass is 10.0. The number of hydrogen-bond acceptors (Lipinski definition) is 2. The quantitative estimate of drug-likeness (QED) is 0.866. The summed E-state index contributed by atoms with van der Waals surface area (Å²) in [6.07, 6.45) is 6.47. The monoisotopic (exact) mass is 289 g/mol. The molecule has 0 radical (unpaired) electrons. The molecule has 0 saturated heterocycles. The maximum Gasteiger partial charge on any atom is 0.319 e. The maximum absolute atomic E-state index is 11.9. The van der Waals surface area contributed by atoms with Crippen molar-refractivity contribution >= 4 is 17.4 Å². The molecule has 0 atom stereocenters. The molecular formula is C17H27N3O. The molecule has 0 unspecified atom stereocenters. The van der Waals surface area contributed by atoms with Crippen LogP contribution < -0.4 is 15.5 Å². The van der Waals surface area contributed by atoms with Gasteiger partial charge in [0.2, 0.25) is 0 Å². The van der Waals surface area contributed by atoms with Crippen molar-refractivity contribution in [3.8, 4) is 0 Å². The van der Waals surface area contributed by atoms with Gasteiger partial charge in [-0.25, -0.2) is 4.79 Å². The number of urea groups is 1. The molecule has 4 heteroatoms. The Kier molecular flexibility index (Phi) is 5.48. The first kappa shape index (κ1) is 15.7. The van der Waals surface area contributed by atoms with Gasteiger partial charge in [-0.3, -0.25) is 0 Å². The molecule has 4 nitrogen and oxygen atoms in total. The van der Waals surface area contributed by atoms with Gasteiger partial charge in [-0.15, -0.1) is 0 Å². The number of nitrogens with one attached hydrogen (secondary N) is 2. The predicted octanol–water partition coefficient (Wildman–Crippen LogP) is 3.76. The van der Waals surface area contributed by atoms with E-state index in [0.29, 0.717) is 0 Å². The molecule has 116 valence electrons. The van der Waals surface area contributed by atoms with E-state index < -0.39 is 0 Å². The number of rotatable bonds is 5. The van der Waals surface area contributed by atoms with Gasteiger partial charge >= 0.3 is 6.03 Å². The summed E-state index contributed by atoms with van der Waals surface area (Å²) in [5, 5.41) is 5.86. The highest BCUT2D eigenvalue weighted by molar-refractivity contribution is 5.89. The standard InChI is InChI=1S/C17H27N3O/c1-13-12-15(8-9-16(13)20(2)3)19-17(21)18-11-10-14-6-4-5-7-14/h8-9,12,14H,4-7,10-11H2,1-3H3,(H2,18,19,21). The Balaban J connectivity index is 1.78. The molecule has 1 aromatic rings. The van der Waals surface area contributed by atoms with E-state index in [1.165, 1.54) is 31.4 Å². The summed E-state index contributed by atoms with van der Waals surface area (Å²) < 4.78 is 0. The molecule has 0 aromatic heterocycles. The highest BCUT2D eigenvalue weighted by Crippen LogP contribution is 2.27. The second kappa shape index (κ2) is 7.34. The van der Waals surface area contributed by atoms with Crippen molar-refractivity contribution in [1.82, 2.24) is 5.32 Å². The fourth-order valence-corrected chi connectivity index (χ4v) is 3.10. The van der Waals surface area contributed by atoms with Crippen LogP contribution in [0.2, 0.25) is 0 Å². The molecule has 0 spiro atoms. The van der Waals surface area contributed by atoms with Crippen LogP contribution in [0.5, 0.6) is 0 Å². The second-order valence-corrected chi connectivity index (χ2v) is 6.22. The highest BCUT2D eigenvalue weighted by atomic mass is 16.2. The number of amides is 2. The molecule has 1 fully saturated rings. The summed E-state index contributed by atoms with van der Waals surface area (Å²) in [5.41, 5.74) is 3.17. The summed E-state index contributed by atoms with van der Waals surface area (Å²) in [7, 11) is 4.04. The molecule has 0 heterocycles. The van der Waals surface area contributed by atoms with E-state index in [4.69, 9.17) is 0 Å². The molecule has 1 aliphatic carbocycles. The molecule has 1 aromatic carbocycles. The third-order valence-corrected chi connectivity index (χ3v) is 4.25.